The van der Waals surface area contributed by atoms with Crippen LogP contribution in [0.4, 0.5) is 0 Å². The Labute approximate surface area is 189 Å². The molecule has 32 heavy (non-hydrogen) atoms. The van der Waals surface area contributed by atoms with Crippen LogP contribution < -0.4 is 0 Å². The largest absolute Gasteiger partial charge is 0.394 e. The van der Waals surface area contributed by atoms with Gasteiger partial charge in [0.15, 0.2) is 0 Å². The van der Waals surface area contributed by atoms with Gasteiger partial charge in [-0.1, -0.05) is 30.3 Å². The third-order valence-electron chi connectivity index (χ3n) is 5.87. The first kappa shape index (κ1) is 23.9. The number of nitrogens with zero attached hydrogens (tertiary/aromatic N) is 5. The fourth-order valence-electron chi connectivity index (χ4n) is 3.85. The maximum Gasteiger partial charge on any atom is 0.253 e. The highest BCUT2D eigenvalue weighted by Gasteiger charge is 2.29. The number of amides is 2. The fraction of sp³-hybridized carbons (Fsp3) is 0.565. The van der Waals surface area contributed by atoms with E-state index in [0.29, 0.717) is 43.7 Å². The number of aliphatic hydroxyl groups excluding tert-OH is 1. The molecule has 9 nitrogen and oxygen atoms in total. The molecule has 0 radical (unpaired) electrons. The molecule has 0 saturated heterocycles. The minimum Gasteiger partial charge on any atom is -0.394 e. The number of hydrogen-bond donors (Lipinski definition) is 1. The summed E-state index contributed by atoms with van der Waals surface area (Å²) in [6.45, 7) is 5.39. The molecule has 1 aromatic heterocycles. The number of carbonyl (C=O) groups excluding carboxylic acids is 2. The summed E-state index contributed by atoms with van der Waals surface area (Å²) in [6, 6.07) is 8.82. The van der Waals surface area contributed by atoms with E-state index in [9.17, 15) is 14.7 Å². The summed E-state index contributed by atoms with van der Waals surface area (Å²) in [4.78, 5) is 29.2. The Morgan fingerprint density at radius 2 is 2.09 bits per heavy atom. The highest BCUT2D eigenvalue weighted by molar-refractivity contribution is 5.94. The van der Waals surface area contributed by atoms with Crippen molar-refractivity contribution in [1.82, 2.24) is 24.8 Å². The zero-order valence-electron chi connectivity index (χ0n) is 19.1. The van der Waals surface area contributed by atoms with E-state index in [1.807, 2.05) is 38.2 Å². The molecule has 0 aliphatic carbocycles. The molecule has 1 aliphatic rings. The molecule has 2 aromatic rings. The standard InChI is InChI=1S/C23H33N5O4/c1-17-12-28(18(2)15-29)22(30)10-7-11-27-13-20(24-25-27)16-32-21(17)14-26(3)23(31)19-8-5-4-6-9-19/h4-6,8-9,13,17-18,21,29H,7,10-12,14-16H2,1-3H3/t17-,18+,21+/m0/s1. The van der Waals surface area contributed by atoms with Gasteiger partial charge in [0.2, 0.25) is 5.91 Å². The van der Waals surface area contributed by atoms with E-state index in [2.05, 4.69) is 10.3 Å². The average Bonchev–Trinajstić information content (AvgIpc) is 3.26. The van der Waals surface area contributed by atoms with Crippen LogP contribution in [0.15, 0.2) is 36.5 Å². The lowest BCUT2D eigenvalue weighted by molar-refractivity contribution is -0.136. The van der Waals surface area contributed by atoms with Gasteiger partial charge in [-0.25, -0.2) is 0 Å². The van der Waals surface area contributed by atoms with Gasteiger partial charge in [-0.05, 0) is 25.5 Å². The van der Waals surface area contributed by atoms with Gasteiger partial charge in [-0.2, -0.15) is 0 Å². The lowest BCUT2D eigenvalue weighted by atomic mass is 10.0. The predicted octanol–water partition coefficient (Wildman–Crippen LogP) is 1.57. The molecular formula is C23H33N5O4. The van der Waals surface area contributed by atoms with Gasteiger partial charge in [-0.15, -0.1) is 5.10 Å². The van der Waals surface area contributed by atoms with E-state index >= 15 is 0 Å². The topological polar surface area (TPSA) is 101 Å². The summed E-state index contributed by atoms with van der Waals surface area (Å²) in [5.41, 5.74) is 1.33. The number of fused-ring (bicyclic) bond motifs is 2. The normalized spacial score (nSPS) is 21.2. The number of aryl methyl sites for hydroxylation is 1. The molecule has 2 bridgehead atoms. The summed E-state index contributed by atoms with van der Waals surface area (Å²) in [7, 11) is 1.75. The smallest absolute Gasteiger partial charge is 0.253 e. The third kappa shape index (κ3) is 6.14. The molecule has 2 amide bonds. The summed E-state index contributed by atoms with van der Waals surface area (Å²) < 4.78 is 7.92. The number of carbonyl (C=O) groups is 2. The van der Waals surface area contributed by atoms with Crippen LogP contribution in [-0.2, 0) is 22.7 Å². The van der Waals surface area contributed by atoms with Crippen LogP contribution in [-0.4, -0.2) is 80.6 Å². The van der Waals surface area contributed by atoms with E-state index in [4.69, 9.17) is 4.74 Å². The van der Waals surface area contributed by atoms with E-state index in [1.165, 1.54) is 0 Å². The summed E-state index contributed by atoms with van der Waals surface area (Å²) in [5.74, 6) is -0.174. The summed E-state index contributed by atoms with van der Waals surface area (Å²) >= 11 is 0. The minimum absolute atomic E-state index is 0.00884. The van der Waals surface area contributed by atoms with Crippen LogP contribution >= 0.6 is 0 Å². The first-order valence-electron chi connectivity index (χ1n) is 11.1. The van der Waals surface area contributed by atoms with Gasteiger partial charge in [0.25, 0.3) is 5.91 Å². The van der Waals surface area contributed by atoms with Crippen molar-refractivity contribution in [3.63, 3.8) is 0 Å². The molecule has 2 heterocycles. The first-order valence-corrected chi connectivity index (χ1v) is 11.1. The molecule has 1 aliphatic heterocycles. The Balaban J connectivity index is 1.80. The van der Waals surface area contributed by atoms with Crippen LogP contribution in [0, 0.1) is 5.92 Å². The van der Waals surface area contributed by atoms with Gasteiger partial charge < -0.3 is 19.6 Å². The second kappa shape index (κ2) is 11.2. The molecular weight excluding hydrogens is 410 g/mol. The van der Waals surface area contributed by atoms with Crippen LogP contribution in [0.1, 0.15) is 42.7 Å². The predicted molar refractivity (Wildman–Crippen MR) is 119 cm³/mol. The maximum atomic E-state index is 12.9. The molecule has 3 rings (SSSR count). The Morgan fingerprint density at radius 3 is 2.81 bits per heavy atom. The molecule has 9 heteroatoms. The Kier molecular flexibility index (Phi) is 8.35. The maximum absolute atomic E-state index is 12.9. The SMILES string of the molecule is C[C@H](CO)N1C[C@H](C)[C@@H](CN(C)C(=O)c2ccccc2)OCc2cn(nn2)CCCC1=O. The Bertz CT molecular complexity index is 888. The van der Waals surface area contributed by atoms with Crippen molar-refractivity contribution >= 4 is 11.8 Å². The van der Waals surface area contributed by atoms with E-state index in [1.54, 1.807) is 33.7 Å². The highest BCUT2D eigenvalue weighted by Crippen LogP contribution is 2.18. The fourth-order valence-corrected chi connectivity index (χ4v) is 3.85. The number of aliphatic hydroxyl groups is 1. The summed E-state index contributed by atoms with van der Waals surface area (Å²) in [6.07, 6.45) is 2.50. The van der Waals surface area contributed by atoms with Crippen molar-refractivity contribution < 1.29 is 19.4 Å². The zero-order chi connectivity index (χ0) is 23.1. The van der Waals surface area contributed by atoms with Crippen molar-refractivity contribution in [1.29, 1.82) is 0 Å². The van der Waals surface area contributed by atoms with E-state index in [-0.39, 0.29) is 43.1 Å². The molecule has 0 spiro atoms. The van der Waals surface area contributed by atoms with Crippen LogP contribution in [0.5, 0.6) is 0 Å². The van der Waals surface area contributed by atoms with Crippen molar-refractivity contribution in [3.8, 4) is 0 Å². The summed E-state index contributed by atoms with van der Waals surface area (Å²) in [5, 5.41) is 18.0. The zero-order valence-corrected chi connectivity index (χ0v) is 19.1. The number of benzene rings is 1. The van der Waals surface area contributed by atoms with Crippen LogP contribution in [0.3, 0.4) is 0 Å². The number of rotatable bonds is 5. The van der Waals surface area contributed by atoms with E-state index < -0.39 is 0 Å². The average molecular weight is 444 g/mol. The van der Waals surface area contributed by atoms with Crippen molar-refractivity contribution in [2.45, 2.75) is 52.0 Å². The number of hydrogen-bond acceptors (Lipinski definition) is 6. The van der Waals surface area contributed by atoms with Gasteiger partial charge in [0, 0.05) is 44.6 Å². The van der Waals surface area contributed by atoms with Gasteiger partial charge in [-0.3, -0.25) is 14.3 Å². The van der Waals surface area contributed by atoms with Gasteiger partial charge in [0.05, 0.1) is 31.6 Å². The van der Waals surface area contributed by atoms with Crippen LogP contribution in [0.2, 0.25) is 0 Å². The number of likely N-dealkylation sites (N-methyl/N-ethyl adjacent to an activating group) is 1. The highest BCUT2D eigenvalue weighted by atomic mass is 16.5. The Hall–Kier alpha value is -2.78. The second-order valence-corrected chi connectivity index (χ2v) is 8.53. The minimum atomic E-state index is -0.334. The molecule has 1 N–H and O–H groups in total. The molecule has 0 unspecified atom stereocenters. The van der Waals surface area contributed by atoms with Crippen molar-refractivity contribution in [2.75, 3.05) is 26.7 Å². The van der Waals surface area contributed by atoms with Crippen molar-refractivity contribution in [3.05, 3.63) is 47.8 Å². The van der Waals surface area contributed by atoms with E-state index in [0.717, 1.165) is 0 Å². The molecule has 0 saturated carbocycles. The first-order chi connectivity index (χ1) is 15.4. The third-order valence-corrected chi connectivity index (χ3v) is 5.87. The second-order valence-electron chi connectivity index (χ2n) is 8.53. The lowest BCUT2D eigenvalue weighted by Crippen LogP contribution is -2.47. The van der Waals surface area contributed by atoms with Crippen LogP contribution in [0.25, 0.3) is 0 Å². The lowest BCUT2D eigenvalue weighted by Gasteiger charge is -2.35. The van der Waals surface area contributed by atoms with Gasteiger partial charge >= 0.3 is 0 Å². The monoisotopic (exact) mass is 443 g/mol. The molecule has 174 valence electrons. The number of aromatic nitrogens is 3. The molecule has 1 aromatic carbocycles. The molecule has 0 fully saturated rings. The van der Waals surface area contributed by atoms with Gasteiger partial charge in [0.1, 0.15) is 5.69 Å². The molecule has 3 atom stereocenters. The quantitative estimate of drug-likeness (QED) is 0.753. The number of ether oxygens (including phenoxy) is 1. The Morgan fingerprint density at radius 1 is 1.34 bits per heavy atom. The van der Waals surface area contributed by atoms with Crippen molar-refractivity contribution in [2.24, 2.45) is 5.92 Å².